The molecule has 0 unspecified atom stereocenters. The van der Waals surface area contributed by atoms with Crippen molar-refractivity contribution in [3.8, 4) is 0 Å². The van der Waals surface area contributed by atoms with Crippen molar-refractivity contribution in [2.45, 2.75) is 26.9 Å². The number of nitrogens with zero attached hydrogens (tertiary/aromatic N) is 2. The number of hydrogen-bond donors (Lipinski definition) is 1. The van der Waals surface area contributed by atoms with Crippen LogP contribution in [0, 0.1) is 6.92 Å². The van der Waals surface area contributed by atoms with Gasteiger partial charge in [0.05, 0.1) is 0 Å². The molecule has 1 N–H and O–H groups in total. The van der Waals surface area contributed by atoms with E-state index in [9.17, 15) is 0 Å². The Morgan fingerprint density at radius 1 is 1.11 bits per heavy atom. The van der Waals surface area contributed by atoms with Crippen LogP contribution in [0.2, 0.25) is 0 Å². The van der Waals surface area contributed by atoms with Crippen LogP contribution >= 0.6 is 0 Å². The number of hydrogen-bond acceptors (Lipinski definition) is 3. The van der Waals surface area contributed by atoms with Gasteiger partial charge in [0, 0.05) is 26.2 Å². The molecular formula is C16H29N3. The molecule has 0 aliphatic heterocycles. The van der Waals surface area contributed by atoms with Gasteiger partial charge in [0.1, 0.15) is 0 Å². The quantitative estimate of drug-likeness (QED) is 0.775. The van der Waals surface area contributed by atoms with E-state index in [2.05, 4.69) is 61.3 Å². The molecular weight excluding hydrogens is 234 g/mol. The van der Waals surface area contributed by atoms with Gasteiger partial charge in [-0.3, -0.25) is 0 Å². The second-order valence-electron chi connectivity index (χ2n) is 5.42. The summed E-state index contributed by atoms with van der Waals surface area (Å²) >= 11 is 0. The van der Waals surface area contributed by atoms with Gasteiger partial charge in [-0.2, -0.15) is 0 Å². The van der Waals surface area contributed by atoms with Crippen molar-refractivity contribution >= 4 is 0 Å². The fraction of sp³-hybridized carbons (Fsp3) is 0.625. The summed E-state index contributed by atoms with van der Waals surface area (Å²) in [6, 6.07) is 6.80. The highest BCUT2D eigenvalue weighted by Gasteiger charge is 2.04. The van der Waals surface area contributed by atoms with Crippen LogP contribution in [0.4, 0.5) is 0 Å². The molecule has 0 atom stereocenters. The Hall–Kier alpha value is -0.900. The molecule has 0 aromatic heterocycles. The molecule has 0 saturated heterocycles. The largest absolute Gasteiger partial charge is 0.316 e. The zero-order valence-electron chi connectivity index (χ0n) is 13.2. The minimum Gasteiger partial charge on any atom is -0.316 e. The van der Waals surface area contributed by atoms with Crippen LogP contribution in [0.15, 0.2) is 18.2 Å². The molecule has 0 aliphatic rings. The van der Waals surface area contributed by atoms with Crippen molar-refractivity contribution in [3.05, 3.63) is 34.9 Å². The van der Waals surface area contributed by atoms with E-state index in [1.165, 1.54) is 16.7 Å². The molecule has 0 fully saturated rings. The smallest absolute Gasteiger partial charge is 0.0231 e. The average Bonchev–Trinajstić information content (AvgIpc) is 2.40. The zero-order valence-corrected chi connectivity index (χ0v) is 13.2. The topological polar surface area (TPSA) is 18.5 Å². The lowest BCUT2D eigenvalue weighted by Crippen LogP contribution is -2.30. The Bertz CT molecular complexity index is 376. The number of benzene rings is 1. The maximum absolute atomic E-state index is 3.23. The van der Waals surface area contributed by atoms with Gasteiger partial charge in [0.25, 0.3) is 0 Å². The highest BCUT2D eigenvalue weighted by atomic mass is 15.2. The lowest BCUT2D eigenvalue weighted by Gasteiger charge is -2.21. The van der Waals surface area contributed by atoms with E-state index in [0.29, 0.717) is 0 Å². The molecule has 108 valence electrons. The third-order valence-electron chi connectivity index (χ3n) is 3.64. The molecule has 0 saturated carbocycles. The molecule has 0 radical (unpaired) electrons. The predicted molar refractivity (Wildman–Crippen MR) is 83.4 cm³/mol. The van der Waals surface area contributed by atoms with Gasteiger partial charge < -0.3 is 15.1 Å². The highest BCUT2D eigenvalue weighted by Crippen LogP contribution is 2.12. The van der Waals surface area contributed by atoms with Crippen LogP contribution in [0.25, 0.3) is 0 Å². The van der Waals surface area contributed by atoms with E-state index in [4.69, 9.17) is 0 Å². The van der Waals surface area contributed by atoms with Crippen LogP contribution < -0.4 is 5.32 Å². The van der Waals surface area contributed by atoms with Gasteiger partial charge in [-0.25, -0.2) is 0 Å². The van der Waals surface area contributed by atoms with E-state index in [1.807, 2.05) is 7.05 Å². The fourth-order valence-electron chi connectivity index (χ4n) is 2.09. The summed E-state index contributed by atoms with van der Waals surface area (Å²) < 4.78 is 0. The van der Waals surface area contributed by atoms with Gasteiger partial charge in [-0.1, -0.05) is 25.1 Å². The fourth-order valence-corrected chi connectivity index (χ4v) is 2.09. The zero-order chi connectivity index (χ0) is 14.3. The third-order valence-corrected chi connectivity index (χ3v) is 3.64. The normalized spacial score (nSPS) is 11.5. The van der Waals surface area contributed by atoms with E-state index in [1.54, 1.807) is 0 Å². The van der Waals surface area contributed by atoms with Crippen molar-refractivity contribution in [1.82, 2.24) is 15.1 Å². The van der Waals surface area contributed by atoms with E-state index in [0.717, 1.165) is 32.7 Å². The molecule has 3 heteroatoms. The molecule has 0 heterocycles. The van der Waals surface area contributed by atoms with Crippen molar-refractivity contribution < 1.29 is 0 Å². The number of aryl methyl sites for hydroxylation is 1. The average molecular weight is 263 g/mol. The number of nitrogens with one attached hydrogen (secondary N) is 1. The predicted octanol–water partition coefficient (Wildman–Crippen LogP) is 2.10. The third kappa shape index (κ3) is 5.72. The Morgan fingerprint density at radius 2 is 1.79 bits per heavy atom. The van der Waals surface area contributed by atoms with Gasteiger partial charge >= 0.3 is 0 Å². The first-order valence-electron chi connectivity index (χ1n) is 7.17. The van der Waals surface area contributed by atoms with Gasteiger partial charge in [-0.05, 0) is 51.3 Å². The van der Waals surface area contributed by atoms with E-state index < -0.39 is 0 Å². The highest BCUT2D eigenvalue weighted by molar-refractivity contribution is 5.31. The Kier molecular flexibility index (Phi) is 7.06. The second-order valence-corrected chi connectivity index (χ2v) is 5.42. The van der Waals surface area contributed by atoms with Crippen molar-refractivity contribution in [2.24, 2.45) is 0 Å². The van der Waals surface area contributed by atoms with Crippen molar-refractivity contribution in [1.29, 1.82) is 0 Å². The number of rotatable bonds is 8. The molecule has 3 nitrogen and oxygen atoms in total. The molecule has 0 bridgehead atoms. The van der Waals surface area contributed by atoms with Crippen LogP contribution in [-0.2, 0) is 13.1 Å². The van der Waals surface area contributed by atoms with Crippen molar-refractivity contribution in [3.63, 3.8) is 0 Å². The van der Waals surface area contributed by atoms with Gasteiger partial charge in [-0.15, -0.1) is 0 Å². The summed E-state index contributed by atoms with van der Waals surface area (Å²) in [6.45, 7) is 9.70. The van der Waals surface area contributed by atoms with Crippen LogP contribution in [0.1, 0.15) is 23.6 Å². The lowest BCUT2D eigenvalue weighted by molar-refractivity contribution is 0.258. The summed E-state index contributed by atoms with van der Waals surface area (Å²) in [7, 11) is 6.37. The first-order chi connectivity index (χ1) is 9.06. The molecule has 0 aliphatic carbocycles. The summed E-state index contributed by atoms with van der Waals surface area (Å²) in [6.07, 6.45) is 0. The molecule has 1 rings (SSSR count). The van der Waals surface area contributed by atoms with Crippen molar-refractivity contribution in [2.75, 3.05) is 40.8 Å². The summed E-state index contributed by atoms with van der Waals surface area (Å²) in [5.74, 6) is 0. The molecule has 1 aromatic rings. The Labute approximate surface area is 118 Å². The van der Waals surface area contributed by atoms with E-state index in [-0.39, 0.29) is 0 Å². The number of likely N-dealkylation sites (N-methyl/N-ethyl adjacent to an activating group) is 2. The minimum atomic E-state index is 0.946. The second kappa shape index (κ2) is 8.31. The summed E-state index contributed by atoms with van der Waals surface area (Å²) in [4.78, 5) is 4.73. The van der Waals surface area contributed by atoms with Crippen LogP contribution in [0.3, 0.4) is 0 Å². The first-order valence-corrected chi connectivity index (χ1v) is 7.17. The minimum absolute atomic E-state index is 0.946. The van der Waals surface area contributed by atoms with E-state index >= 15 is 0 Å². The monoisotopic (exact) mass is 263 g/mol. The lowest BCUT2D eigenvalue weighted by atomic mass is 10.0. The Balaban J connectivity index is 2.54. The van der Waals surface area contributed by atoms with Gasteiger partial charge in [0.2, 0.25) is 0 Å². The molecule has 1 aromatic carbocycles. The molecule has 0 amide bonds. The molecule has 19 heavy (non-hydrogen) atoms. The molecule has 0 spiro atoms. The maximum Gasteiger partial charge on any atom is 0.0231 e. The SMILES string of the molecule is CCN(C)CCN(C)Cc1ccc(C)c(CNC)c1. The van der Waals surface area contributed by atoms with Crippen LogP contribution in [0.5, 0.6) is 0 Å². The summed E-state index contributed by atoms with van der Waals surface area (Å²) in [5.41, 5.74) is 4.17. The summed E-state index contributed by atoms with van der Waals surface area (Å²) in [5, 5.41) is 3.23. The van der Waals surface area contributed by atoms with Crippen LogP contribution in [-0.4, -0.2) is 50.6 Å². The Morgan fingerprint density at radius 3 is 2.42 bits per heavy atom. The van der Waals surface area contributed by atoms with Gasteiger partial charge in [0.15, 0.2) is 0 Å². The maximum atomic E-state index is 3.23. The first kappa shape index (κ1) is 16.2. The standard InChI is InChI=1S/C16H29N3/c1-6-18(4)9-10-19(5)13-15-8-7-14(2)16(11-15)12-17-3/h7-8,11,17H,6,9-10,12-13H2,1-5H3.